The van der Waals surface area contributed by atoms with Crippen LogP contribution in [0.2, 0.25) is 47.2 Å². The van der Waals surface area contributed by atoms with E-state index in [4.69, 9.17) is 0 Å². The van der Waals surface area contributed by atoms with Crippen molar-refractivity contribution in [2.45, 2.75) is 47.2 Å². The second-order valence-electron chi connectivity index (χ2n) is 11.5. The second-order valence-corrected chi connectivity index (χ2v) is 34.9. The molecule has 1 spiro atoms. The molecule has 0 amide bonds. The van der Waals surface area contributed by atoms with Crippen molar-refractivity contribution in [2.24, 2.45) is 0 Å². The van der Waals surface area contributed by atoms with E-state index < -0.39 is 6.51 Å². The van der Waals surface area contributed by atoms with Crippen LogP contribution in [-0.2, 0) is 6.51 Å². The Morgan fingerprint density at radius 3 is 1.82 bits per heavy atom. The molecule has 0 saturated carbocycles. The fourth-order valence-corrected chi connectivity index (χ4v) is 96.0. The summed E-state index contributed by atoms with van der Waals surface area (Å²) in [4.78, 5) is 13.0. The van der Waals surface area contributed by atoms with Crippen LogP contribution in [0.1, 0.15) is 0 Å². The monoisotopic (exact) mass is 273 g/mol. The molecule has 17 heavy (non-hydrogen) atoms. The zero-order valence-electron chi connectivity index (χ0n) is 10.3. The molecule has 5 atom stereocenters. The van der Waals surface area contributed by atoms with E-state index in [1.165, 1.54) is 45.1 Å². The van der Waals surface area contributed by atoms with Gasteiger partial charge in [0.15, 0.2) is 0 Å². The summed E-state index contributed by atoms with van der Waals surface area (Å²) in [5, 5.41) is 10.2. The third-order valence-electron chi connectivity index (χ3n) is 16.2. The van der Waals surface area contributed by atoms with Crippen LogP contribution in [0.4, 0.5) is 0 Å². The van der Waals surface area contributed by atoms with Gasteiger partial charge in [0.1, 0.15) is 0 Å². The van der Waals surface area contributed by atoms with E-state index in [1.54, 1.807) is 0 Å². The predicted octanol–water partition coefficient (Wildman–Crippen LogP) is 2.67. The van der Waals surface area contributed by atoms with Gasteiger partial charge in [0.2, 0.25) is 0 Å². The molecule has 10 fully saturated rings. The van der Waals surface area contributed by atoms with Crippen LogP contribution in [0.25, 0.3) is 0 Å². The fraction of sp³-hybridized carbons (Fsp3) is 1.00. The first-order chi connectivity index (χ1) is 7.91. The van der Waals surface area contributed by atoms with E-state index in [1.807, 2.05) is 0 Å². The Kier molecular flexibility index (Phi) is 0.208. The van der Waals surface area contributed by atoms with E-state index in [0.29, 0.717) is 10.9 Å². The van der Waals surface area contributed by atoms with Crippen molar-refractivity contribution in [3.05, 3.63) is 0 Å². The van der Waals surface area contributed by atoms with Crippen LogP contribution in [0.5, 0.6) is 0 Å². The molecule has 10 rings (SSSR count). The van der Waals surface area contributed by atoms with E-state index in [0.717, 1.165) is 4.31 Å². The first-order valence-corrected chi connectivity index (χ1v) is 13.6. The first-order valence-electron chi connectivity index (χ1n) is 7.38. The van der Waals surface area contributed by atoms with Crippen molar-refractivity contribution in [2.75, 3.05) is 27.2 Å². The summed E-state index contributed by atoms with van der Waals surface area (Å²) in [6, 6.07) is 0. The summed E-state index contributed by atoms with van der Waals surface area (Å²) in [5.41, 5.74) is 0. The third kappa shape index (κ3) is 0.0624. The van der Waals surface area contributed by atoms with Gasteiger partial charge in [0.25, 0.3) is 0 Å². The molecule has 0 aromatic rings. The van der Waals surface area contributed by atoms with Crippen LogP contribution < -0.4 is 0 Å². The first kappa shape index (κ1) is 6.74. The van der Waals surface area contributed by atoms with Gasteiger partial charge in [-0.05, 0) is 0 Å². The zero-order chi connectivity index (χ0) is 10.9. The van der Waals surface area contributed by atoms with Crippen molar-refractivity contribution < 1.29 is 11.6 Å². The number of aliphatic hydroxyl groups is 1. The van der Waals surface area contributed by atoms with Gasteiger partial charge in [0, 0.05) is 0 Å². The second kappa shape index (κ2) is 0.524. The van der Waals surface area contributed by atoms with Gasteiger partial charge in [0.05, 0.1) is 0 Å². The molecule has 0 bridgehead atoms. The third-order valence-corrected chi connectivity index (χ3v) is 60.1. The Morgan fingerprint density at radius 2 is 1.53 bits per heavy atom. The van der Waals surface area contributed by atoms with Gasteiger partial charge in [-0.15, -0.1) is 0 Å². The van der Waals surface area contributed by atoms with Crippen LogP contribution >= 0.6 is 0 Å². The van der Waals surface area contributed by atoms with E-state index in [2.05, 4.69) is 19.0 Å². The molecule has 3 heteroatoms. The normalized spacial score (nSPS) is 124. The molecule has 10 aliphatic heterocycles. The molecule has 1 N–H and O–H groups in total. The molecule has 0 aromatic heterocycles. The Labute approximate surface area is 91.0 Å². The Balaban J connectivity index is 1.62. The summed E-state index contributed by atoms with van der Waals surface area (Å²) >= 11 is 0. The zero-order valence-corrected chi connectivity index (χ0v) is 11.4. The van der Waals surface area contributed by atoms with Crippen LogP contribution in [0, 0.1) is 0 Å². The minimum absolute atomic E-state index is 0.652. The Bertz CT molecular complexity index is 983. The van der Waals surface area contributed by atoms with Gasteiger partial charge in [-0.2, -0.15) is 0 Å². The van der Waals surface area contributed by atoms with Crippen molar-refractivity contribution in [3.8, 4) is 0 Å². The summed E-state index contributed by atoms with van der Waals surface area (Å²) < 4.78 is 1.66. The molecular weight excluding hydrogens is 254 g/mol. The molecule has 94 valence electrons. The number of hydrogen-bond donors (Lipinski definition) is 1. The quantitative estimate of drug-likeness (QED) is 0.799. The molecule has 0 aliphatic carbocycles. The SMILES string of the molecule is CN(C)C[C]12[CH]3[CH]4[C]5(CO)[CH]1[Fe]43521678[CH]2[CH]1[CH]6[CH]7[CH]28. The van der Waals surface area contributed by atoms with E-state index >= 15 is 0 Å². The van der Waals surface area contributed by atoms with Crippen LogP contribution in [-0.4, -0.2) is 37.3 Å². The van der Waals surface area contributed by atoms with Gasteiger partial charge < -0.3 is 0 Å². The molecule has 10 heterocycles. The minimum atomic E-state index is -3.11. The number of rotatable bonds is 3. The van der Waals surface area contributed by atoms with Crippen molar-refractivity contribution in [1.82, 2.24) is 4.90 Å². The Hall–Kier alpha value is 0.439. The molecule has 5 unspecified atom stereocenters. The summed E-state index contributed by atoms with van der Waals surface area (Å²) in [6.07, 6.45) is 0. The number of nitrogens with zero attached hydrogens (tertiary/aromatic N) is 1. The van der Waals surface area contributed by atoms with Gasteiger partial charge in [-0.1, -0.05) is 0 Å². The summed E-state index contributed by atoms with van der Waals surface area (Å²) in [7, 11) is 4.61. The molecule has 2 nitrogen and oxygen atoms in total. The summed E-state index contributed by atoms with van der Waals surface area (Å²) in [5.74, 6) is 0. The van der Waals surface area contributed by atoms with Crippen molar-refractivity contribution in [1.29, 1.82) is 0 Å². The van der Waals surface area contributed by atoms with Gasteiger partial charge in [-0.3, -0.25) is 0 Å². The summed E-state index contributed by atoms with van der Waals surface area (Å²) in [6.45, 7) is -1.01. The number of aliphatic hydroxyl groups excluding tert-OH is 1. The maximum atomic E-state index is 10.2. The molecule has 0 radical (unpaired) electrons. The number of fused-ring (bicyclic) bond motifs is 10. The standard InChI is InChI=1S/C9H14NO.C5H5.Fe/c1-10(2)6-8-3-4-9(5-8)7-11;1-2-4-5-3-1;/h3-5,11H,6-7H2,1-2H3;1-5H;. The molecule has 10 aliphatic rings. The molecule has 0 aromatic carbocycles. The Morgan fingerprint density at radius 1 is 1.00 bits per heavy atom. The predicted molar refractivity (Wildman–Crippen MR) is 61.0 cm³/mol. The van der Waals surface area contributed by atoms with Crippen LogP contribution in [0.15, 0.2) is 0 Å². The number of hydrogen-bond acceptors (Lipinski definition) is 2. The fourth-order valence-electron chi connectivity index (χ4n) is 18.8. The van der Waals surface area contributed by atoms with Crippen molar-refractivity contribution in [3.63, 3.8) is 0 Å². The molecule has 10 saturated heterocycles. The maximum absolute atomic E-state index is 10.2. The van der Waals surface area contributed by atoms with Crippen LogP contribution in [0.3, 0.4) is 0 Å². The van der Waals surface area contributed by atoms with E-state index in [-0.39, 0.29) is 0 Å². The topological polar surface area (TPSA) is 23.5 Å². The van der Waals surface area contributed by atoms with E-state index in [9.17, 15) is 5.11 Å². The van der Waals surface area contributed by atoms with Crippen molar-refractivity contribution >= 4 is 0 Å². The average molecular weight is 273 g/mol. The molecular formula is C14H19FeNO. The van der Waals surface area contributed by atoms with Gasteiger partial charge >= 0.3 is 90.9 Å². The average Bonchev–Trinajstić information content (AvgIpc) is 3.22. The van der Waals surface area contributed by atoms with Gasteiger partial charge in [-0.25, -0.2) is 0 Å².